The fraction of sp³-hybridized carbons (Fsp3) is 0.333. The number of nitrogens with one attached hydrogen (secondary N) is 2. The number of amides is 1. The smallest absolute Gasteiger partial charge is 0.252 e. The minimum absolute atomic E-state index is 0. The second-order valence-electron chi connectivity index (χ2n) is 5.84. The molecule has 3 rings (SSSR count). The van der Waals surface area contributed by atoms with Crippen LogP contribution in [0.3, 0.4) is 0 Å². The van der Waals surface area contributed by atoms with Crippen LogP contribution in [0, 0.1) is 5.92 Å². The highest BCUT2D eigenvalue weighted by Crippen LogP contribution is 2.21. The maximum absolute atomic E-state index is 12.1. The largest absolute Gasteiger partial charge is 0.439 e. The van der Waals surface area contributed by atoms with Crippen molar-refractivity contribution in [2.75, 3.05) is 19.6 Å². The predicted octanol–water partition coefficient (Wildman–Crippen LogP) is 4.21. The Balaban J connectivity index is 0.00000169. The van der Waals surface area contributed by atoms with E-state index < -0.39 is 0 Å². The second-order valence-corrected chi connectivity index (χ2v) is 6.76. The lowest BCUT2D eigenvalue weighted by Crippen LogP contribution is -2.26. The van der Waals surface area contributed by atoms with Gasteiger partial charge < -0.3 is 15.4 Å². The highest BCUT2D eigenvalue weighted by atomic mass is 79.9. The monoisotopic (exact) mass is 461 g/mol. The lowest BCUT2D eigenvalue weighted by atomic mass is 10.1. The predicted molar refractivity (Wildman–Crippen MR) is 111 cm³/mol. The van der Waals surface area contributed by atoms with E-state index in [2.05, 4.69) is 31.5 Å². The van der Waals surface area contributed by atoms with Crippen molar-refractivity contribution in [1.82, 2.24) is 15.6 Å². The van der Waals surface area contributed by atoms with E-state index in [1.807, 2.05) is 24.3 Å². The van der Waals surface area contributed by atoms with Gasteiger partial charge in [-0.2, -0.15) is 0 Å². The zero-order valence-corrected chi connectivity index (χ0v) is 17.3. The second kappa shape index (κ2) is 11.4. The molecule has 1 aliphatic heterocycles. The first-order valence-electron chi connectivity index (χ1n) is 8.09. The molecule has 1 atom stereocenters. The molecular weight excluding hydrogens is 441 g/mol. The molecule has 0 spiro atoms. The van der Waals surface area contributed by atoms with Crippen LogP contribution >= 0.6 is 40.7 Å². The number of hydrogen-bond acceptors (Lipinski definition) is 4. The molecule has 5 nitrogen and oxygen atoms in total. The Morgan fingerprint density at radius 1 is 1.23 bits per heavy atom. The van der Waals surface area contributed by atoms with E-state index >= 15 is 0 Å². The van der Waals surface area contributed by atoms with Crippen LogP contribution in [0.5, 0.6) is 11.6 Å². The Morgan fingerprint density at radius 3 is 2.62 bits per heavy atom. The van der Waals surface area contributed by atoms with E-state index in [-0.39, 0.29) is 30.7 Å². The van der Waals surface area contributed by atoms with Gasteiger partial charge in [-0.05, 0) is 62.2 Å². The molecule has 1 aromatic carbocycles. The topological polar surface area (TPSA) is 63.2 Å². The van der Waals surface area contributed by atoms with Crippen molar-refractivity contribution in [3.63, 3.8) is 0 Å². The molecule has 142 valence electrons. The molecule has 2 N–H and O–H groups in total. The van der Waals surface area contributed by atoms with Crippen LogP contribution in [0.4, 0.5) is 0 Å². The maximum atomic E-state index is 12.1. The van der Waals surface area contributed by atoms with E-state index in [0.29, 0.717) is 29.7 Å². The Morgan fingerprint density at radius 2 is 2.00 bits per heavy atom. The SMILES string of the molecule is Cl.Cl.O=C(NCCC1CCNC1)c1ccc(Oc2ccc(Br)cc2)nc1. The van der Waals surface area contributed by atoms with Gasteiger partial charge in [-0.3, -0.25) is 4.79 Å². The Bertz CT molecular complexity index is 678. The number of ether oxygens (including phenoxy) is 1. The Kier molecular flexibility index (Phi) is 9.94. The standard InChI is InChI=1S/C18H20BrN3O2.2ClH/c19-15-2-4-16(5-3-15)24-17-6-1-14(12-22-17)18(23)21-10-8-13-7-9-20-11-13;;/h1-6,12-13,20H,7-11H2,(H,21,23);2*1H. The van der Waals surface area contributed by atoms with Crippen molar-refractivity contribution in [2.45, 2.75) is 12.8 Å². The molecule has 1 aromatic heterocycles. The van der Waals surface area contributed by atoms with Crippen LogP contribution in [-0.2, 0) is 0 Å². The molecule has 2 aromatic rings. The van der Waals surface area contributed by atoms with Gasteiger partial charge >= 0.3 is 0 Å². The third-order valence-corrected chi connectivity index (χ3v) is 4.56. The van der Waals surface area contributed by atoms with Crippen LogP contribution in [0.2, 0.25) is 0 Å². The Labute approximate surface area is 174 Å². The minimum atomic E-state index is -0.0938. The molecule has 0 saturated carbocycles. The number of halogens is 3. The van der Waals surface area contributed by atoms with E-state index in [1.54, 1.807) is 18.3 Å². The van der Waals surface area contributed by atoms with Crippen LogP contribution in [0.1, 0.15) is 23.2 Å². The van der Waals surface area contributed by atoms with Crippen molar-refractivity contribution in [2.24, 2.45) is 5.92 Å². The first-order chi connectivity index (χ1) is 11.7. The van der Waals surface area contributed by atoms with Crippen molar-refractivity contribution >= 4 is 46.7 Å². The van der Waals surface area contributed by atoms with E-state index in [9.17, 15) is 4.79 Å². The number of nitrogens with zero attached hydrogens (tertiary/aromatic N) is 1. The number of hydrogen-bond donors (Lipinski definition) is 2. The number of aromatic nitrogens is 1. The summed E-state index contributed by atoms with van der Waals surface area (Å²) in [7, 11) is 0. The van der Waals surface area contributed by atoms with Gasteiger partial charge in [0.25, 0.3) is 5.91 Å². The maximum Gasteiger partial charge on any atom is 0.252 e. The summed E-state index contributed by atoms with van der Waals surface area (Å²) in [4.78, 5) is 16.3. The molecule has 0 aliphatic carbocycles. The average Bonchev–Trinajstić information content (AvgIpc) is 3.11. The van der Waals surface area contributed by atoms with Crippen molar-refractivity contribution in [3.05, 3.63) is 52.6 Å². The number of carbonyl (C=O) groups excluding carboxylic acids is 1. The van der Waals surface area contributed by atoms with E-state index in [4.69, 9.17) is 4.74 Å². The summed E-state index contributed by atoms with van der Waals surface area (Å²) in [5.41, 5.74) is 0.544. The van der Waals surface area contributed by atoms with Gasteiger partial charge in [-0.1, -0.05) is 15.9 Å². The van der Waals surface area contributed by atoms with Crippen molar-refractivity contribution in [1.29, 1.82) is 0 Å². The lowest BCUT2D eigenvalue weighted by Gasteiger charge is -2.09. The lowest BCUT2D eigenvalue weighted by molar-refractivity contribution is 0.0951. The van der Waals surface area contributed by atoms with Gasteiger partial charge in [0.1, 0.15) is 5.75 Å². The van der Waals surface area contributed by atoms with Crippen LogP contribution in [0.25, 0.3) is 0 Å². The first kappa shape index (κ1) is 22.7. The van der Waals surface area contributed by atoms with Gasteiger partial charge in [-0.25, -0.2) is 4.98 Å². The summed E-state index contributed by atoms with van der Waals surface area (Å²) in [6, 6.07) is 10.9. The molecular formula is C18H22BrCl2N3O2. The summed E-state index contributed by atoms with van der Waals surface area (Å²) >= 11 is 3.38. The molecule has 1 saturated heterocycles. The summed E-state index contributed by atoms with van der Waals surface area (Å²) in [5, 5.41) is 6.28. The summed E-state index contributed by atoms with van der Waals surface area (Å²) in [6.07, 6.45) is 3.75. The number of rotatable bonds is 6. The molecule has 2 heterocycles. The third-order valence-electron chi connectivity index (χ3n) is 4.04. The summed E-state index contributed by atoms with van der Waals surface area (Å²) in [6.45, 7) is 2.84. The third kappa shape index (κ3) is 6.76. The molecule has 1 amide bonds. The van der Waals surface area contributed by atoms with Crippen LogP contribution in [-0.4, -0.2) is 30.5 Å². The quantitative estimate of drug-likeness (QED) is 0.674. The average molecular weight is 463 g/mol. The Hall–Kier alpha value is -1.34. The van der Waals surface area contributed by atoms with Gasteiger partial charge in [0.05, 0.1) is 5.56 Å². The minimum Gasteiger partial charge on any atom is -0.439 e. The molecule has 8 heteroatoms. The number of benzene rings is 1. The molecule has 1 unspecified atom stereocenters. The van der Waals surface area contributed by atoms with Crippen molar-refractivity contribution in [3.8, 4) is 11.6 Å². The van der Waals surface area contributed by atoms with Crippen LogP contribution < -0.4 is 15.4 Å². The summed E-state index contributed by atoms with van der Waals surface area (Å²) in [5.74, 6) is 1.74. The normalized spacial score (nSPS) is 15.5. The fourth-order valence-electron chi connectivity index (χ4n) is 2.65. The van der Waals surface area contributed by atoms with E-state index in [0.717, 1.165) is 24.0 Å². The zero-order chi connectivity index (χ0) is 16.8. The molecule has 26 heavy (non-hydrogen) atoms. The summed E-state index contributed by atoms with van der Waals surface area (Å²) < 4.78 is 6.64. The van der Waals surface area contributed by atoms with Crippen LogP contribution in [0.15, 0.2) is 47.1 Å². The van der Waals surface area contributed by atoms with Gasteiger partial charge in [0, 0.05) is 23.3 Å². The molecule has 0 radical (unpaired) electrons. The van der Waals surface area contributed by atoms with Crippen molar-refractivity contribution < 1.29 is 9.53 Å². The zero-order valence-electron chi connectivity index (χ0n) is 14.1. The number of pyridine rings is 1. The fourth-order valence-corrected chi connectivity index (χ4v) is 2.92. The molecule has 1 fully saturated rings. The van der Waals surface area contributed by atoms with E-state index in [1.165, 1.54) is 6.42 Å². The highest BCUT2D eigenvalue weighted by Gasteiger charge is 2.14. The highest BCUT2D eigenvalue weighted by molar-refractivity contribution is 9.10. The number of carbonyl (C=O) groups is 1. The first-order valence-corrected chi connectivity index (χ1v) is 8.88. The van der Waals surface area contributed by atoms with Gasteiger partial charge in [-0.15, -0.1) is 24.8 Å². The van der Waals surface area contributed by atoms with Gasteiger partial charge in [0.15, 0.2) is 0 Å². The van der Waals surface area contributed by atoms with Gasteiger partial charge in [0.2, 0.25) is 5.88 Å². The molecule has 1 aliphatic rings. The molecule has 0 bridgehead atoms.